The van der Waals surface area contributed by atoms with Gasteiger partial charge in [-0.3, -0.25) is 0 Å². The van der Waals surface area contributed by atoms with Crippen LogP contribution in [-0.4, -0.2) is 14.5 Å². The van der Waals surface area contributed by atoms with Crippen molar-refractivity contribution in [3.63, 3.8) is 0 Å². The standard InChI is InChI=1S/C30H15N5O.Pt/c1-32-22-12-14-33-27(17-22)21-5-4-6-23(16-21)36-24-9-10-26-25-7-2-3-8-28(25)35(29(26)18-24)30-15-20(19-31)11-13-34-30;/h2-15,17H;/q-2;+2. The Bertz CT molecular complexity index is 1860. The Morgan fingerprint density at radius 1 is 0.865 bits per heavy atom. The van der Waals surface area contributed by atoms with Crippen molar-refractivity contribution < 1.29 is 25.8 Å². The van der Waals surface area contributed by atoms with Crippen LogP contribution in [0.15, 0.2) is 91.3 Å². The molecule has 37 heavy (non-hydrogen) atoms. The zero-order chi connectivity index (χ0) is 24.5. The summed E-state index contributed by atoms with van der Waals surface area (Å²) in [4.78, 5) is 12.4. The molecular weight excluding hydrogens is 641 g/mol. The molecule has 0 atom stereocenters. The van der Waals surface area contributed by atoms with Gasteiger partial charge in [0.15, 0.2) is 5.69 Å². The molecule has 0 saturated carbocycles. The Hall–Kier alpha value is -4.77. The Morgan fingerprint density at radius 3 is 2.57 bits per heavy atom. The first-order valence-electron chi connectivity index (χ1n) is 11.1. The van der Waals surface area contributed by atoms with E-state index < -0.39 is 0 Å². The summed E-state index contributed by atoms with van der Waals surface area (Å²) in [5.41, 5.74) is 4.17. The molecule has 0 aliphatic heterocycles. The average Bonchev–Trinajstić information content (AvgIpc) is 3.27. The van der Waals surface area contributed by atoms with Gasteiger partial charge in [0.1, 0.15) is 5.82 Å². The van der Waals surface area contributed by atoms with E-state index in [0.717, 1.165) is 27.4 Å². The molecule has 0 aliphatic carbocycles. The fraction of sp³-hybridized carbons (Fsp3) is 0. The zero-order valence-corrected chi connectivity index (χ0v) is 21.4. The fourth-order valence-electron chi connectivity index (χ4n) is 4.19. The van der Waals surface area contributed by atoms with Crippen LogP contribution in [0.3, 0.4) is 0 Å². The van der Waals surface area contributed by atoms with Crippen molar-refractivity contribution in [3.05, 3.63) is 120 Å². The van der Waals surface area contributed by atoms with E-state index in [9.17, 15) is 5.26 Å². The van der Waals surface area contributed by atoms with Crippen molar-refractivity contribution in [1.82, 2.24) is 14.5 Å². The van der Waals surface area contributed by atoms with Gasteiger partial charge in [0.05, 0.1) is 18.2 Å². The maximum atomic E-state index is 9.39. The number of para-hydroxylation sites is 1. The minimum atomic E-state index is 0. The Kier molecular flexibility index (Phi) is 6.52. The molecule has 0 fully saturated rings. The van der Waals surface area contributed by atoms with Crippen LogP contribution < -0.4 is 4.74 Å². The largest absolute Gasteiger partial charge is 2.00 e. The van der Waals surface area contributed by atoms with Gasteiger partial charge in [-0.15, -0.1) is 41.3 Å². The van der Waals surface area contributed by atoms with E-state index in [0.29, 0.717) is 34.3 Å². The topological polar surface area (TPSA) is 68.1 Å². The molecule has 3 heterocycles. The van der Waals surface area contributed by atoms with Crippen LogP contribution in [0, 0.1) is 30.0 Å². The molecule has 0 N–H and O–H groups in total. The van der Waals surface area contributed by atoms with E-state index in [2.05, 4.69) is 39.1 Å². The smallest absolute Gasteiger partial charge is 0.503 e. The van der Waals surface area contributed by atoms with Gasteiger partial charge in [-0.1, -0.05) is 35.8 Å². The molecule has 6 rings (SSSR count). The van der Waals surface area contributed by atoms with Crippen LogP contribution in [0.5, 0.6) is 11.5 Å². The number of aromatic nitrogens is 3. The zero-order valence-electron chi connectivity index (χ0n) is 19.1. The summed E-state index contributed by atoms with van der Waals surface area (Å²) in [6, 6.07) is 33.1. The number of ether oxygens (including phenoxy) is 1. The SMILES string of the molecule is [C-]#[N+]c1ccnc(-c2[c-]c(Oc3[c-]c4c(cc3)c3ccccc3n4-c3cc(C#N)ccn3)ccc2)c1.[Pt+2]. The molecular formula is C30H15N5OPt. The van der Waals surface area contributed by atoms with Crippen LogP contribution in [0.25, 0.3) is 43.7 Å². The van der Waals surface area contributed by atoms with E-state index >= 15 is 0 Å². The van der Waals surface area contributed by atoms with Crippen molar-refractivity contribution in [2.45, 2.75) is 0 Å². The van der Waals surface area contributed by atoms with Crippen molar-refractivity contribution >= 4 is 27.5 Å². The first-order valence-corrected chi connectivity index (χ1v) is 11.1. The van der Waals surface area contributed by atoms with Gasteiger partial charge in [0, 0.05) is 29.4 Å². The molecule has 0 bridgehead atoms. The van der Waals surface area contributed by atoms with Gasteiger partial charge in [0.25, 0.3) is 0 Å². The summed E-state index contributed by atoms with van der Waals surface area (Å²) < 4.78 is 8.14. The Labute approximate surface area is 227 Å². The minimum Gasteiger partial charge on any atom is -0.503 e. The van der Waals surface area contributed by atoms with E-state index in [4.69, 9.17) is 11.3 Å². The molecule has 176 valence electrons. The fourth-order valence-corrected chi connectivity index (χ4v) is 4.19. The van der Waals surface area contributed by atoms with Gasteiger partial charge in [0.2, 0.25) is 0 Å². The second-order valence-electron chi connectivity index (χ2n) is 7.99. The second kappa shape index (κ2) is 10.1. The number of pyridine rings is 2. The monoisotopic (exact) mass is 656 g/mol. The van der Waals surface area contributed by atoms with Crippen molar-refractivity contribution in [1.29, 1.82) is 5.26 Å². The molecule has 0 radical (unpaired) electrons. The van der Waals surface area contributed by atoms with Crippen LogP contribution >= 0.6 is 0 Å². The van der Waals surface area contributed by atoms with Crippen molar-refractivity contribution in [2.75, 3.05) is 0 Å². The van der Waals surface area contributed by atoms with E-state index in [1.807, 2.05) is 53.1 Å². The predicted molar refractivity (Wildman–Crippen MR) is 137 cm³/mol. The molecule has 0 spiro atoms. The number of hydrogen-bond acceptors (Lipinski definition) is 4. The predicted octanol–water partition coefficient (Wildman–Crippen LogP) is 7.05. The second-order valence-corrected chi connectivity index (χ2v) is 7.99. The van der Waals surface area contributed by atoms with Crippen molar-refractivity contribution in [2.24, 2.45) is 0 Å². The number of fused-ring (bicyclic) bond motifs is 3. The summed E-state index contributed by atoms with van der Waals surface area (Å²) in [5.74, 6) is 1.65. The van der Waals surface area contributed by atoms with Gasteiger partial charge in [-0.25, -0.2) is 9.83 Å². The molecule has 3 aromatic carbocycles. The van der Waals surface area contributed by atoms with Gasteiger partial charge in [-0.2, -0.15) is 11.3 Å². The number of rotatable bonds is 4. The third-order valence-electron chi connectivity index (χ3n) is 5.80. The Morgan fingerprint density at radius 2 is 1.70 bits per heavy atom. The molecule has 0 saturated heterocycles. The normalized spacial score (nSPS) is 10.4. The number of hydrogen-bond donors (Lipinski definition) is 0. The molecule has 7 heteroatoms. The summed E-state index contributed by atoms with van der Waals surface area (Å²) in [6.45, 7) is 7.24. The molecule has 0 aliphatic rings. The van der Waals surface area contributed by atoms with E-state index in [1.165, 1.54) is 0 Å². The molecule has 6 aromatic rings. The molecule has 6 nitrogen and oxygen atoms in total. The van der Waals surface area contributed by atoms with Gasteiger partial charge >= 0.3 is 21.1 Å². The summed E-state index contributed by atoms with van der Waals surface area (Å²) in [7, 11) is 0. The van der Waals surface area contributed by atoms with Crippen LogP contribution in [0.4, 0.5) is 5.69 Å². The maximum Gasteiger partial charge on any atom is 2.00 e. The summed E-state index contributed by atoms with van der Waals surface area (Å²) in [5, 5.41) is 11.4. The number of nitriles is 1. The molecule has 3 aromatic heterocycles. The van der Waals surface area contributed by atoms with Crippen LogP contribution in [0.2, 0.25) is 0 Å². The van der Waals surface area contributed by atoms with Gasteiger partial charge < -0.3 is 14.3 Å². The quantitative estimate of drug-likeness (QED) is 0.191. The first-order chi connectivity index (χ1) is 17.7. The molecule has 0 amide bonds. The summed E-state index contributed by atoms with van der Waals surface area (Å²) >= 11 is 0. The van der Waals surface area contributed by atoms with Crippen LogP contribution in [-0.2, 0) is 21.1 Å². The third-order valence-corrected chi connectivity index (χ3v) is 5.80. The first kappa shape index (κ1) is 23.9. The van der Waals surface area contributed by atoms with Gasteiger partial charge in [-0.05, 0) is 35.3 Å². The number of benzene rings is 3. The van der Waals surface area contributed by atoms with Crippen LogP contribution in [0.1, 0.15) is 5.56 Å². The van der Waals surface area contributed by atoms with E-state index in [1.54, 1.807) is 36.7 Å². The van der Waals surface area contributed by atoms with Crippen molar-refractivity contribution in [3.8, 4) is 34.6 Å². The average molecular weight is 657 g/mol. The molecule has 0 unspecified atom stereocenters. The maximum absolute atomic E-state index is 9.39. The summed E-state index contributed by atoms with van der Waals surface area (Å²) in [6.07, 6.45) is 3.24. The Balaban J connectivity index is 0.00000280. The van der Waals surface area contributed by atoms with E-state index in [-0.39, 0.29) is 21.1 Å². The third kappa shape index (κ3) is 4.47. The minimum absolute atomic E-state index is 0. The number of nitrogens with zero attached hydrogens (tertiary/aromatic N) is 5.